The van der Waals surface area contributed by atoms with Crippen LogP contribution in [0.5, 0.6) is 0 Å². The van der Waals surface area contributed by atoms with E-state index in [1.807, 2.05) is 18.2 Å². The minimum Gasteiger partial charge on any atom is -0.466 e. The molecule has 0 aliphatic carbocycles. The van der Waals surface area contributed by atoms with Gasteiger partial charge in [-0.25, -0.2) is 0 Å². The molecule has 0 spiro atoms. The van der Waals surface area contributed by atoms with E-state index in [1.54, 1.807) is 39.2 Å². The monoisotopic (exact) mass is 261 g/mol. The fourth-order valence-corrected chi connectivity index (χ4v) is 1.54. The van der Waals surface area contributed by atoms with Crippen molar-refractivity contribution in [2.24, 2.45) is 0 Å². The summed E-state index contributed by atoms with van der Waals surface area (Å²) in [6.45, 7) is 2.16. The summed E-state index contributed by atoms with van der Waals surface area (Å²) in [7, 11) is 3.43. The molecule has 0 fully saturated rings. The van der Waals surface area contributed by atoms with Gasteiger partial charge >= 0.3 is 5.97 Å². The zero-order valence-electron chi connectivity index (χ0n) is 11.6. The van der Waals surface area contributed by atoms with Crippen LogP contribution in [-0.2, 0) is 9.53 Å². The summed E-state index contributed by atoms with van der Waals surface area (Å²) in [5.74, 6) is -0.292. The highest BCUT2D eigenvalue weighted by molar-refractivity contribution is 5.94. The van der Waals surface area contributed by atoms with Gasteiger partial charge < -0.3 is 9.64 Å². The first kappa shape index (κ1) is 15.0. The Morgan fingerprint density at radius 1 is 1.32 bits per heavy atom. The Balaban J connectivity index is 2.69. The number of esters is 1. The predicted octanol–water partition coefficient (Wildman–Crippen LogP) is 2.35. The van der Waals surface area contributed by atoms with Gasteiger partial charge in [0.05, 0.1) is 13.0 Å². The number of carbonyl (C=O) groups is 2. The largest absolute Gasteiger partial charge is 0.466 e. The maximum atomic E-state index is 11.8. The molecule has 0 saturated carbocycles. The van der Waals surface area contributed by atoms with Crippen molar-refractivity contribution in [2.75, 3.05) is 20.7 Å². The molecule has 0 aliphatic rings. The topological polar surface area (TPSA) is 46.6 Å². The lowest BCUT2D eigenvalue weighted by atomic mass is 10.1. The van der Waals surface area contributed by atoms with Gasteiger partial charge in [-0.15, -0.1) is 0 Å². The van der Waals surface area contributed by atoms with Gasteiger partial charge in [-0.1, -0.05) is 24.3 Å². The number of benzene rings is 1. The van der Waals surface area contributed by atoms with Gasteiger partial charge in [-0.3, -0.25) is 9.59 Å². The summed E-state index contributed by atoms with van der Waals surface area (Å²) in [5.41, 5.74) is 1.51. The molecule has 0 saturated heterocycles. The van der Waals surface area contributed by atoms with E-state index in [0.29, 0.717) is 12.2 Å². The molecule has 4 heteroatoms. The quantitative estimate of drug-likeness (QED) is 0.764. The number of amides is 1. The molecule has 1 amide bonds. The minimum absolute atomic E-state index is 0.0411. The molecule has 1 aromatic rings. The van der Waals surface area contributed by atoms with E-state index >= 15 is 0 Å². The summed E-state index contributed by atoms with van der Waals surface area (Å²) in [4.78, 5) is 24.5. The van der Waals surface area contributed by atoms with Crippen molar-refractivity contribution in [1.29, 1.82) is 0 Å². The average molecular weight is 261 g/mol. The third-order valence-corrected chi connectivity index (χ3v) is 2.44. The number of nitrogens with zero attached hydrogens (tertiary/aromatic N) is 1. The predicted molar refractivity (Wildman–Crippen MR) is 74.7 cm³/mol. The highest BCUT2D eigenvalue weighted by Gasteiger charge is 2.07. The van der Waals surface area contributed by atoms with Crippen LogP contribution in [0.4, 0.5) is 0 Å². The minimum atomic E-state index is -0.251. The molecular weight excluding hydrogens is 242 g/mol. The maximum absolute atomic E-state index is 11.8. The van der Waals surface area contributed by atoms with Crippen LogP contribution in [0.2, 0.25) is 0 Å². The van der Waals surface area contributed by atoms with Crippen LogP contribution in [0.3, 0.4) is 0 Å². The van der Waals surface area contributed by atoms with E-state index in [0.717, 1.165) is 5.56 Å². The van der Waals surface area contributed by atoms with Crippen molar-refractivity contribution >= 4 is 18.0 Å². The van der Waals surface area contributed by atoms with Crippen LogP contribution in [0.1, 0.15) is 29.3 Å². The molecule has 1 rings (SSSR count). The first-order valence-electron chi connectivity index (χ1n) is 6.18. The first-order chi connectivity index (χ1) is 9.04. The van der Waals surface area contributed by atoms with Crippen LogP contribution >= 0.6 is 0 Å². The standard InChI is InChI=1S/C15H19NO3/c1-4-19-14(17)10-6-8-12-7-5-9-13(11-12)15(18)16(2)3/h5-9,11H,4,10H2,1-3H3. The fraction of sp³-hybridized carbons (Fsp3) is 0.333. The number of hydrogen-bond acceptors (Lipinski definition) is 3. The Morgan fingerprint density at radius 2 is 2.05 bits per heavy atom. The van der Waals surface area contributed by atoms with Crippen molar-refractivity contribution < 1.29 is 14.3 Å². The number of carbonyl (C=O) groups excluding carboxylic acids is 2. The van der Waals surface area contributed by atoms with Gasteiger partial charge in [0.1, 0.15) is 0 Å². The van der Waals surface area contributed by atoms with Crippen LogP contribution < -0.4 is 0 Å². The SMILES string of the molecule is CCOC(=O)CC=Cc1cccc(C(=O)N(C)C)c1. The summed E-state index contributed by atoms with van der Waals surface area (Å²) in [5, 5.41) is 0. The zero-order chi connectivity index (χ0) is 14.3. The van der Waals surface area contributed by atoms with E-state index in [4.69, 9.17) is 4.74 Å². The smallest absolute Gasteiger partial charge is 0.309 e. The Hall–Kier alpha value is -2.10. The molecule has 0 unspecified atom stereocenters. The number of ether oxygens (including phenoxy) is 1. The van der Waals surface area contributed by atoms with Gasteiger partial charge in [0.15, 0.2) is 0 Å². The van der Waals surface area contributed by atoms with Crippen LogP contribution in [0.15, 0.2) is 30.3 Å². The van der Waals surface area contributed by atoms with Crippen molar-refractivity contribution in [3.63, 3.8) is 0 Å². The molecule has 0 heterocycles. The van der Waals surface area contributed by atoms with Crippen molar-refractivity contribution in [2.45, 2.75) is 13.3 Å². The number of rotatable bonds is 5. The molecule has 0 atom stereocenters. The zero-order valence-corrected chi connectivity index (χ0v) is 11.6. The fourth-order valence-electron chi connectivity index (χ4n) is 1.54. The maximum Gasteiger partial charge on any atom is 0.309 e. The van der Waals surface area contributed by atoms with Gasteiger partial charge in [0.2, 0.25) is 0 Å². The van der Waals surface area contributed by atoms with Gasteiger partial charge in [-0.05, 0) is 24.6 Å². The molecule has 1 aromatic carbocycles. The van der Waals surface area contributed by atoms with E-state index in [-0.39, 0.29) is 18.3 Å². The lowest BCUT2D eigenvalue weighted by Gasteiger charge is -2.10. The molecule has 102 valence electrons. The van der Waals surface area contributed by atoms with Crippen molar-refractivity contribution in [1.82, 2.24) is 4.90 Å². The normalized spacial score (nSPS) is 10.5. The second kappa shape index (κ2) is 7.36. The third-order valence-electron chi connectivity index (χ3n) is 2.44. The van der Waals surface area contributed by atoms with Crippen LogP contribution in [0, 0.1) is 0 Å². The lowest BCUT2D eigenvalue weighted by molar-refractivity contribution is -0.142. The highest BCUT2D eigenvalue weighted by atomic mass is 16.5. The molecule has 0 aliphatic heterocycles. The molecule has 0 radical (unpaired) electrons. The molecule has 4 nitrogen and oxygen atoms in total. The lowest BCUT2D eigenvalue weighted by Crippen LogP contribution is -2.21. The Labute approximate surface area is 113 Å². The van der Waals surface area contributed by atoms with Gasteiger partial charge in [0, 0.05) is 19.7 Å². The summed E-state index contributed by atoms with van der Waals surface area (Å²) < 4.78 is 4.82. The first-order valence-corrected chi connectivity index (χ1v) is 6.18. The van der Waals surface area contributed by atoms with Crippen LogP contribution in [-0.4, -0.2) is 37.5 Å². The van der Waals surface area contributed by atoms with Gasteiger partial charge in [0.25, 0.3) is 5.91 Å². The van der Waals surface area contributed by atoms with Gasteiger partial charge in [-0.2, -0.15) is 0 Å². The molecule has 0 bridgehead atoms. The van der Waals surface area contributed by atoms with Crippen molar-refractivity contribution in [3.05, 3.63) is 41.5 Å². The van der Waals surface area contributed by atoms with E-state index in [1.165, 1.54) is 4.90 Å². The molecule has 0 N–H and O–H groups in total. The van der Waals surface area contributed by atoms with E-state index < -0.39 is 0 Å². The summed E-state index contributed by atoms with van der Waals surface area (Å²) in [6.07, 6.45) is 3.78. The van der Waals surface area contributed by atoms with E-state index in [9.17, 15) is 9.59 Å². The third kappa shape index (κ3) is 4.95. The van der Waals surface area contributed by atoms with Crippen molar-refractivity contribution in [3.8, 4) is 0 Å². The second-order valence-electron chi connectivity index (χ2n) is 4.24. The Bertz CT molecular complexity index is 478. The average Bonchev–Trinajstić information content (AvgIpc) is 2.38. The highest BCUT2D eigenvalue weighted by Crippen LogP contribution is 2.09. The molecule has 0 aromatic heterocycles. The summed E-state index contributed by atoms with van der Waals surface area (Å²) >= 11 is 0. The summed E-state index contributed by atoms with van der Waals surface area (Å²) in [6, 6.07) is 7.27. The Kier molecular flexibility index (Phi) is 5.79. The Morgan fingerprint density at radius 3 is 2.68 bits per heavy atom. The van der Waals surface area contributed by atoms with E-state index in [2.05, 4.69) is 0 Å². The van der Waals surface area contributed by atoms with Crippen LogP contribution in [0.25, 0.3) is 6.08 Å². The molecule has 19 heavy (non-hydrogen) atoms. The second-order valence-corrected chi connectivity index (χ2v) is 4.24. The molecular formula is C15H19NO3. The number of hydrogen-bond donors (Lipinski definition) is 0.